The van der Waals surface area contributed by atoms with E-state index in [9.17, 15) is 0 Å². The number of hydrogen-bond donors (Lipinski definition) is 0. The van der Waals surface area contributed by atoms with Gasteiger partial charge in [-0.05, 0) is 170 Å². The molecular weight excluding hydrogens is 725 g/mol. The minimum absolute atomic E-state index is 0.383. The smallest absolute Gasteiger partial charge is 0.0541 e. The van der Waals surface area contributed by atoms with E-state index in [4.69, 9.17) is 0 Å². The van der Waals surface area contributed by atoms with E-state index in [1.54, 1.807) is 5.56 Å². The van der Waals surface area contributed by atoms with Crippen LogP contribution in [0.4, 0.5) is 17.1 Å². The van der Waals surface area contributed by atoms with Crippen LogP contribution in [0.5, 0.6) is 0 Å². The molecule has 9 aromatic carbocycles. The van der Waals surface area contributed by atoms with Crippen LogP contribution >= 0.6 is 0 Å². The zero-order chi connectivity index (χ0) is 39.2. The Hall–Kier alpha value is -6.64. The Labute approximate surface area is 350 Å². The highest BCUT2D eigenvalue weighted by Gasteiger charge is 2.77. The van der Waals surface area contributed by atoms with Gasteiger partial charge in [0.2, 0.25) is 0 Å². The molecule has 0 saturated heterocycles. The molecule has 0 unspecified atom stereocenters. The van der Waals surface area contributed by atoms with Crippen LogP contribution in [0.1, 0.15) is 37.7 Å². The predicted octanol–water partition coefficient (Wildman–Crippen LogP) is 15.5. The molecule has 4 aliphatic carbocycles. The maximum atomic E-state index is 2.51. The topological polar surface area (TPSA) is 8.17 Å². The van der Waals surface area contributed by atoms with E-state index in [0.29, 0.717) is 10.8 Å². The van der Waals surface area contributed by atoms with Crippen LogP contribution in [0.3, 0.4) is 0 Å². The summed E-state index contributed by atoms with van der Waals surface area (Å²) in [6.45, 7) is 0. The molecule has 2 bridgehead atoms. The van der Waals surface area contributed by atoms with Gasteiger partial charge < -0.3 is 9.47 Å². The number of hydrogen-bond acceptors (Lipinski definition) is 1. The molecule has 4 aliphatic rings. The van der Waals surface area contributed by atoms with Gasteiger partial charge in [0.05, 0.1) is 11.0 Å². The lowest BCUT2D eigenvalue weighted by molar-refractivity contribution is -0.175. The predicted molar refractivity (Wildman–Crippen MR) is 251 cm³/mol. The van der Waals surface area contributed by atoms with E-state index in [1.165, 1.54) is 114 Å². The number of fused-ring (bicyclic) bond motifs is 10. The Kier molecular flexibility index (Phi) is 6.63. The largest absolute Gasteiger partial charge is 0.310 e. The number of aromatic nitrogens is 1. The molecule has 0 amide bonds. The van der Waals surface area contributed by atoms with Crippen molar-refractivity contribution in [3.8, 4) is 16.8 Å². The van der Waals surface area contributed by atoms with Crippen molar-refractivity contribution in [3.63, 3.8) is 0 Å². The summed E-state index contributed by atoms with van der Waals surface area (Å²) in [5, 5.41) is 10.3. The van der Waals surface area contributed by atoms with Crippen LogP contribution in [0.15, 0.2) is 188 Å². The van der Waals surface area contributed by atoms with Crippen molar-refractivity contribution in [2.24, 2.45) is 23.2 Å². The average molecular weight is 769 g/mol. The molecule has 14 rings (SSSR count). The van der Waals surface area contributed by atoms with Crippen molar-refractivity contribution in [3.05, 3.63) is 194 Å². The highest BCUT2D eigenvalue weighted by Crippen LogP contribution is 2.84. The van der Waals surface area contributed by atoms with Gasteiger partial charge in [-0.2, -0.15) is 0 Å². The zero-order valence-electron chi connectivity index (χ0n) is 33.6. The molecule has 1 aromatic heterocycles. The maximum Gasteiger partial charge on any atom is 0.0541 e. The lowest BCUT2D eigenvalue weighted by Gasteiger charge is -2.66. The van der Waals surface area contributed by atoms with E-state index in [0.717, 1.165) is 23.4 Å². The molecule has 4 saturated carbocycles. The molecule has 2 atom stereocenters. The maximum absolute atomic E-state index is 2.51. The number of benzene rings is 9. The van der Waals surface area contributed by atoms with Crippen LogP contribution in [0, 0.1) is 23.2 Å². The van der Waals surface area contributed by atoms with Crippen molar-refractivity contribution in [1.82, 2.24) is 4.57 Å². The van der Waals surface area contributed by atoms with E-state index in [1.807, 2.05) is 0 Å². The molecule has 286 valence electrons. The van der Waals surface area contributed by atoms with Gasteiger partial charge in [-0.1, -0.05) is 127 Å². The third-order valence-corrected chi connectivity index (χ3v) is 16.2. The standard InChI is InChI=1S/C58H44N2/c1-2-17-49-47(15-1)48-16-3-4-18-50(48)54-33-46(27-28-51(49)54)59(43-25-23-39(24-26-43)57-34-41-31-40-32-42(35-57)58(40,41)36-57)44-13-9-11-37(29-44)38-12-10-14-45(30-38)60-55-21-7-5-19-52(55)53-20-6-8-22-56(53)60/h1-30,33,40-42H,31-32,34-36H2/t40?,41-,42-,57?,58?/m0/s1. The Morgan fingerprint density at radius 2 is 0.917 bits per heavy atom. The summed E-state index contributed by atoms with van der Waals surface area (Å²) in [7, 11) is 0. The molecule has 0 N–H and O–H groups in total. The lowest BCUT2D eigenvalue weighted by Crippen LogP contribution is -2.59. The van der Waals surface area contributed by atoms with Crippen LogP contribution < -0.4 is 4.90 Å². The van der Waals surface area contributed by atoms with Crippen LogP contribution in [0.2, 0.25) is 0 Å². The highest BCUT2D eigenvalue weighted by molar-refractivity contribution is 6.25. The number of nitrogens with zero attached hydrogens (tertiary/aromatic N) is 2. The second-order valence-corrected chi connectivity index (χ2v) is 18.7. The summed E-state index contributed by atoms with van der Waals surface area (Å²) in [6, 6.07) is 70.6. The molecule has 2 heteroatoms. The third-order valence-electron chi connectivity index (χ3n) is 16.2. The normalized spacial score (nSPS) is 23.6. The SMILES string of the molecule is c1cc(-c2cccc(-n3c4ccccc4c4ccccc43)c2)cc(N(c2ccc(C34C[C@@H]5CC6C[C@@H](C3)C65C4)cc2)c2ccc3c4ccccc4c4ccccc4c3c2)c1. The fraction of sp³-hybridized carbons (Fsp3) is 0.172. The average Bonchev–Trinajstić information content (AvgIpc) is 3.93. The molecular formula is C58H44N2. The monoisotopic (exact) mass is 768 g/mol. The molecule has 10 aromatic rings. The van der Waals surface area contributed by atoms with Gasteiger partial charge in [0, 0.05) is 33.5 Å². The minimum atomic E-state index is 0.383. The van der Waals surface area contributed by atoms with Crippen LogP contribution in [-0.4, -0.2) is 4.57 Å². The van der Waals surface area contributed by atoms with Gasteiger partial charge >= 0.3 is 0 Å². The van der Waals surface area contributed by atoms with Crippen molar-refractivity contribution in [1.29, 1.82) is 0 Å². The first-order chi connectivity index (χ1) is 29.6. The number of anilines is 3. The summed E-state index contributed by atoms with van der Waals surface area (Å²) >= 11 is 0. The minimum Gasteiger partial charge on any atom is -0.310 e. The molecule has 2 nitrogen and oxygen atoms in total. The molecule has 60 heavy (non-hydrogen) atoms. The summed E-state index contributed by atoms with van der Waals surface area (Å²) < 4.78 is 2.42. The first kappa shape index (κ1) is 33.2. The van der Waals surface area contributed by atoms with Gasteiger partial charge in [0.25, 0.3) is 0 Å². The van der Waals surface area contributed by atoms with Crippen molar-refractivity contribution >= 4 is 71.2 Å². The summed E-state index contributed by atoms with van der Waals surface area (Å²) in [6.07, 6.45) is 7.24. The van der Waals surface area contributed by atoms with Crippen molar-refractivity contribution in [2.45, 2.75) is 37.5 Å². The van der Waals surface area contributed by atoms with Gasteiger partial charge in [0.1, 0.15) is 0 Å². The fourth-order valence-corrected chi connectivity index (χ4v) is 13.7. The molecule has 1 spiro atoms. The Bertz CT molecular complexity index is 3300. The molecule has 0 radical (unpaired) electrons. The Morgan fingerprint density at radius 1 is 0.400 bits per heavy atom. The van der Waals surface area contributed by atoms with Gasteiger partial charge in [-0.3, -0.25) is 0 Å². The Morgan fingerprint density at radius 3 is 1.53 bits per heavy atom. The van der Waals surface area contributed by atoms with Gasteiger partial charge in [-0.25, -0.2) is 0 Å². The lowest BCUT2D eigenvalue weighted by atomic mass is 9.38. The quantitative estimate of drug-likeness (QED) is 0.153. The Balaban J connectivity index is 0.921. The van der Waals surface area contributed by atoms with Crippen molar-refractivity contribution in [2.75, 3.05) is 4.90 Å². The summed E-state index contributed by atoms with van der Waals surface area (Å²) in [4.78, 5) is 2.50. The number of rotatable bonds is 6. The summed E-state index contributed by atoms with van der Waals surface area (Å²) in [5.74, 6) is 2.99. The fourth-order valence-electron chi connectivity index (χ4n) is 13.7. The second-order valence-electron chi connectivity index (χ2n) is 18.7. The van der Waals surface area contributed by atoms with Crippen LogP contribution in [-0.2, 0) is 5.41 Å². The molecule has 4 fully saturated rings. The highest BCUT2D eigenvalue weighted by atomic mass is 15.1. The first-order valence-electron chi connectivity index (χ1n) is 22.1. The third kappa shape index (κ3) is 4.38. The number of para-hydroxylation sites is 2. The van der Waals surface area contributed by atoms with Crippen molar-refractivity contribution < 1.29 is 0 Å². The first-order valence-corrected chi connectivity index (χ1v) is 22.1. The molecule has 1 heterocycles. The van der Waals surface area contributed by atoms with E-state index < -0.39 is 0 Å². The summed E-state index contributed by atoms with van der Waals surface area (Å²) in [5.41, 5.74) is 12.2. The zero-order valence-corrected chi connectivity index (χ0v) is 33.6. The van der Waals surface area contributed by atoms with Gasteiger partial charge in [0.15, 0.2) is 0 Å². The van der Waals surface area contributed by atoms with Crippen LogP contribution in [0.25, 0.3) is 70.9 Å². The second kappa shape index (κ2) is 12.0. The van der Waals surface area contributed by atoms with E-state index >= 15 is 0 Å². The van der Waals surface area contributed by atoms with Gasteiger partial charge in [-0.15, -0.1) is 0 Å². The van der Waals surface area contributed by atoms with E-state index in [-0.39, 0.29) is 0 Å². The van der Waals surface area contributed by atoms with E-state index in [2.05, 4.69) is 198 Å². The molecule has 0 aliphatic heterocycles.